The smallest absolute Gasteiger partial charge is 0.305 e. The van der Waals surface area contributed by atoms with Crippen LogP contribution in [0.4, 0.5) is 0 Å². The van der Waals surface area contributed by atoms with E-state index < -0.39 is 0 Å². The van der Waals surface area contributed by atoms with Gasteiger partial charge in [-0.1, -0.05) is 155 Å². The molecular weight excluding hydrogens is 442 g/mol. The lowest BCUT2D eigenvalue weighted by Gasteiger charge is -2.06. The summed E-state index contributed by atoms with van der Waals surface area (Å²) in [6.45, 7) is 5.18. The van der Waals surface area contributed by atoms with E-state index in [0.29, 0.717) is 13.0 Å². The molecule has 0 aliphatic carbocycles. The molecule has 36 heavy (non-hydrogen) atoms. The van der Waals surface area contributed by atoms with Crippen LogP contribution < -0.4 is 0 Å². The maximum atomic E-state index is 11.8. The number of esters is 1. The van der Waals surface area contributed by atoms with Gasteiger partial charge in [0, 0.05) is 18.8 Å². The van der Waals surface area contributed by atoms with Gasteiger partial charge in [0.1, 0.15) is 0 Å². The van der Waals surface area contributed by atoms with Crippen LogP contribution >= 0.6 is 0 Å². The topological polar surface area (TPSA) is 39.2 Å². The first kappa shape index (κ1) is 34.6. The van der Waals surface area contributed by atoms with Gasteiger partial charge in [-0.25, -0.2) is 0 Å². The summed E-state index contributed by atoms with van der Waals surface area (Å²) < 4.78 is 5.38. The molecule has 0 spiro atoms. The SMILES string of the molecule is CCCCCCCCCCCCCCCCOC(=O)CCCCCCCCCCC.c1ccncc1. The molecule has 0 atom stereocenters. The molecule has 0 unspecified atom stereocenters. The van der Waals surface area contributed by atoms with E-state index in [9.17, 15) is 4.79 Å². The number of ether oxygens (including phenoxy) is 1. The molecule has 0 aliphatic rings. The number of hydrogen-bond acceptors (Lipinski definition) is 3. The molecule has 0 fully saturated rings. The zero-order valence-corrected chi connectivity index (χ0v) is 24.3. The van der Waals surface area contributed by atoms with Crippen LogP contribution in [0.5, 0.6) is 0 Å². The highest BCUT2D eigenvalue weighted by Gasteiger charge is 2.02. The molecule has 1 heterocycles. The Bertz CT molecular complexity index is 493. The molecular formula is C33H61NO2. The van der Waals surface area contributed by atoms with Crippen LogP contribution in [0.1, 0.15) is 168 Å². The predicted octanol–water partition coefficient (Wildman–Crippen LogP) is 11.0. The van der Waals surface area contributed by atoms with Crippen molar-refractivity contribution in [3.8, 4) is 0 Å². The Hall–Kier alpha value is -1.38. The summed E-state index contributed by atoms with van der Waals surface area (Å²) in [5.41, 5.74) is 0. The van der Waals surface area contributed by atoms with Gasteiger partial charge in [-0.2, -0.15) is 0 Å². The highest BCUT2D eigenvalue weighted by atomic mass is 16.5. The summed E-state index contributed by atoms with van der Waals surface area (Å²) in [6.07, 6.45) is 34.8. The van der Waals surface area contributed by atoms with Crippen molar-refractivity contribution in [3.05, 3.63) is 30.6 Å². The summed E-state index contributed by atoms with van der Waals surface area (Å²) in [4.78, 5) is 15.5. The van der Waals surface area contributed by atoms with Gasteiger partial charge in [0.25, 0.3) is 0 Å². The van der Waals surface area contributed by atoms with Gasteiger partial charge in [0.05, 0.1) is 6.61 Å². The Morgan fingerprint density at radius 2 is 0.861 bits per heavy atom. The van der Waals surface area contributed by atoms with E-state index in [0.717, 1.165) is 12.8 Å². The third-order valence-corrected chi connectivity index (χ3v) is 6.81. The summed E-state index contributed by atoms with van der Waals surface area (Å²) in [6, 6.07) is 5.72. The molecule has 0 saturated heterocycles. The average Bonchev–Trinajstić information content (AvgIpc) is 2.91. The Balaban J connectivity index is 0.00000176. The molecule has 0 bridgehead atoms. The van der Waals surface area contributed by atoms with Gasteiger partial charge < -0.3 is 4.74 Å². The highest BCUT2D eigenvalue weighted by molar-refractivity contribution is 5.69. The maximum absolute atomic E-state index is 11.8. The molecule has 1 rings (SSSR count). The van der Waals surface area contributed by atoms with Crippen LogP contribution in [0, 0.1) is 0 Å². The quantitative estimate of drug-likeness (QED) is 0.0983. The highest BCUT2D eigenvalue weighted by Crippen LogP contribution is 2.13. The summed E-state index contributed by atoms with van der Waals surface area (Å²) in [5, 5.41) is 0. The van der Waals surface area contributed by atoms with E-state index in [1.165, 1.54) is 135 Å². The van der Waals surface area contributed by atoms with Crippen molar-refractivity contribution in [2.45, 2.75) is 168 Å². The number of pyridine rings is 1. The molecule has 3 nitrogen and oxygen atoms in total. The second-order valence-corrected chi connectivity index (χ2v) is 10.4. The Kier molecular flexibility index (Phi) is 30.4. The number of unbranched alkanes of at least 4 members (excludes halogenated alkanes) is 21. The monoisotopic (exact) mass is 503 g/mol. The Labute approximate surface area is 225 Å². The molecule has 1 aromatic heterocycles. The lowest BCUT2D eigenvalue weighted by molar-refractivity contribution is -0.143. The minimum absolute atomic E-state index is 0.0210. The normalized spacial score (nSPS) is 10.6. The molecule has 0 radical (unpaired) electrons. The molecule has 0 amide bonds. The van der Waals surface area contributed by atoms with E-state index in [4.69, 9.17) is 4.74 Å². The summed E-state index contributed by atoms with van der Waals surface area (Å²) in [5.74, 6) is 0.0210. The third-order valence-electron chi connectivity index (χ3n) is 6.81. The second kappa shape index (κ2) is 31.6. The molecule has 0 saturated carbocycles. The number of aromatic nitrogens is 1. The summed E-state index contributed by atoms with van der Waals surface area (Å²) >= 11 is 0. The first-order valence-electron chi connectivity index (χ1n) is 15.8. The number of nitrogens with zero attached hydrogens (tertiary/aromatic N) is 1. The van der Waals surface area contributed by atoms with Crippen LogP contribution in [0.15, 0.2) is 30.6 Å². The van der Waals surface area contributed by atoms with Crippen molar-refractivity contribution in [1.29, 1.82) is 0 Å². The molecule has 210 valence electrons. The van der Waals surface area contributed by atoms with E-state index in [1.807, 2.05) is 18.2 Å². The number of carbonyl (C=O) groups excluding carboxylic acids is 1. The van der Waals surface area contributed by atoms with E-state index in [1.54, 1.807) is 12.4 Å². The number of hydrogen-bond donors (Lipinski definition) is 0. The lowest BCUT2D eigenvalue weighted by Crippen LogP contribution is -2.05. The predicted molar refractivity (Wildman–Crippen MR) is 157 cm³/mol. The van der Waals surface area contributed by atoms with Crippen molar-refractivity contribution >= 4 is 5.97 Å². The molecule has 0 N–H and O–H groups in total. The average molecular weight is 504 g/mol. The largest absolute Gasteiger partial charge is 0.466 e. The third kappa shape index (κ3) is 30.7. The van der Waals surface area contributed by atoms with Crippen molar-refractivity contribution in [2.75, 3.05) is 6.61 Å². The Morgan fingerprint density at radius 1 is 0.500 bits per heavy atom. The first-order chi connectivity index (χ1) is 17.8. The molecule has 3 heteroatoms. The molecule has 0 aliphatic heterocycles. The van der Waals surface area contributed by atoms with Gasteiger partial charge in [0.2, 0.25) is 0 Å². The van der Waals surface area contributed by atoms with Crippen LogP contribution in [0.3, 0.4) is 0 Å². The lowest BCUT2D eigenvalue weighted by atomic mass is 10.0. The van der Waals surface area contributed by atoms with Crippen LogP contribution in [-0.2, 0) is 9.53 Å². The minimum Gasteiger partial charge on any atom is -0.466 e. The zero-order valence-electron chi connectivity index (χ0n) is 24.3. The standard InChI is InChI=1S/C28H56O2.C5H5N/c1-3-5-7-9-11-13-14-15-16-17-19-21-23-25-27-30-28(29)26-24-22-20-18-12-10-8-6-4-2;1-2-4-6-5-3-1/h3-27H2,1-2H3;1-5H. The van der Waals surface area contributed by atoms with Crippen LogP contribution in [0.2, 0.25) is 0 Å². The van der Waals surface area contributed by atoms with Crippen LogP contribution in [0.25, 0.3) is 0 Å². The van der Waals surface area contributed by atoms with Gasteiger partial charge in [-0.05, 0) is 25.0 Å². The van der Waals surface area contributed by atoms with Crippen molar-refractivity contribution in [3.63, 3.8) is 0 Å². The van der Waals surface area contributed by atoms with Crippen LogP contribution in [-0.4, -0.2) is 17.6 Å². The number of rotatable bonds is 25. The fourth-order valence-corrected chi connectivity index (χ4v) is 4.45. The zero-order chi connectivity index (χ0) is 26.2. The molecule has 0 aromatic carbocycles. The van der Waals surface area contributed by atoms with Crippen molar-refractivity contribution in [2.24, 2.45) is 0 Å². The van der Waals surface area contributed by atoms with E-state index in [2.05, 4.69) is 18.8 Å². The molecule has 1 aromatic rings. The van der Waals surface area contributed by atoms with Crippen molar-refractivity contribution in [1.82, 2.24) is 4.98 Å². The second-order valence-electron chi connectivity index (χ2n) is 10.4. The van der Waals surface area contributed by atoms with Crippen molar-refractivity contribution < 1.29 is 9.53 Å². The minimum atomic E-state index is 0.0210. The van der Waals surface area contributed by atoms with Gasteiger partial charge in [-0.15, -0.1) is 0 Å². The van der Waals surface area contributed by atoms with Gasteiger partial charge in [0.15, 0.2) is 0 Å². The summed E-state index contributed by atoms with van der Waals surface area (Å²) in [7, 11) is 0. The van der Waals surface area contributed by atoms with E-state index in [-0.39, 0.29) is 5.97 Å². The first-order valence-corrected chi connectivity index (χ1v) is 15.8. The van der Waals surface area contributed by atoms with Gasteiger partial charge in [-0.3, -0.25) is 9.78 Å². The Morgan fingerprint density at radius 3 is 1.19 bits per heavy atom. The van der Waals surface area contributed by atoms with Gasteiger partial charge >= 0.3 is 5.97 Å². The van der Waals surface area contributed by atoms with E-state index >= 15 is 0 Å². The number of carbonyl (C=O) groups is 1. The maximum Gasteiger partial charge on any atom is 0.305 e. The fourth-order valence-electron chi connectivity index (χ4n) is 4.45. The fraction of sp³-hybridized carbons (Fsp3) is 0.818.